The van der Waals surface area contributed by atoms with Crippen LogP contribution in [0.5, 0.6) is 11.5 Å². The average Bonchev–Trinajstić information content (AvgIpc) is 3.38. The largest absolute Gasteiger partial charge is 0.495 e. The summed E-state index contributed by atoms with van der Waals surface area (Å²) < 4.78 is 38.8. The maximum absolute atomic E-state index is 13.1. The number of carbonyl (C=O) groups is 1. The lowest BCUT2D eigenvalue weighted by Gasteiger charge is -2.21. The molecule has 1 atom stereocenters. The third kappa shape index (κ3) is 5.17. The van der Waals surface area contributed by atoms with Gasteiger partial charge in [0.2, 0.25) is 10.0 Å². The van der Waals surface area contributed by atoms with Crippen molar-refractivity contribution in [3.63, 3.8) is 0 Å². The van der Waals surface area contributed by atoms with Crippen LogP contribution >= 0.6 is 0 Å². The zero-order valence-corrected chi connectivity index (χ0v) is 20.1. The molecule has 2 aromatic rings. The van der Waals surface area contributed by atoms with E-state index in [2.05, 4.69) is 11.4 Å². The van der Waals surface area contributed by atoms with Crippen LogP contribution in [0.4, 0.5) is 5.69 Å². The van der Waals surface area contributed by atoms with Crippen LogP contribution in [0.25, 0.3) is 0 Å². The van der Waals surface area contributed by atoms with Gasteiger partial charge >= 0.3 is 0 Å². The molecule has 4 rings (SSSR count). The van der Waals surface area contributed by atoms with Crippen molar-refractivity contribution in [1.82, 2.24) is 4.31 Å². The lowest BCUT2D eigenvalue weighted by molar-refractivity contribution is -0.122. The van der Waals surface area contributed by atoms with Gasteiger partial charge in [0.05, 0.1) is 17.7 Å². The highest BCUT2D eigenvalue weighted by atomic mass is 32.2. The summed E-state index contributed by atoms with van der Waals surface area (Å²) in [5.41, 5.74) is 2.96. The second-order valence-electron chi connectivity index (χ2n) is 8.61. The van der Waals surface area contributed by atoms with E-state index in [1.54, 1.807) is 6.07 Å². The summed E-state index contributed by atoms with van der Waals surface area (Å²) in [6, 6.07) is 10.6. The molecule has 1 N–H and O–H groups in total. The standard InChI is InChI=1S/C25H32N2O5S/c1-3-23(32-20-11-10-18-8-4-5-9-19(18)16-20)25(28)26-22-17-21(12-13-24(22)31-2)33(29,30)27-14-6-7-15-27/h10-13,16-17,23H,3-9,14-15H2,1-2H3,(H,26,28)/t23-/m0/s1. The Morgan fingerprint density at radius 3 is 2.45 bits per heavy atom. The number of hydrogen-bond acceptors (Lipinski definition) is 5. The molecule has 1 fully saturated rings. The highest BCUT2D eigenvalue weighted by Gasteiger charge is 2.28. The molecular formula is C25H32N2O5S. The number of sulfonamides is 1. The number of fused-ring (bicyclic) bond motifs is 1. The maximum Gasteiger partial charge on any atom is 0.265 e. The number of benzene rings is 2. The first-order valence-corrected chi connectivity index (χ1v) is 13.1. The molecule has 0 radical (unpaired) electrons. The molecule has 7 nitrogen and oxygen atoms in total. The van der Waals surface area contributed by atoms with E-state index in [0.717, 1.165) is 25.7 Å². The fraction of sp³-hybridized carbons (Fsp3) is 0.480. The number of nitrogens with zero attached hydrogens (tertiary/aromatic N) is 1. The summed E-state index contributed by atoms with van der Waals surface area (Å²) in [6.07, 6.45) is 5.97. The number of ether oxygens (including phenoxy) is 2. The number of nitrogens with one attached hydrogen (secondary N) is 1. The minimum Gasteiger partial charge on any atom is -0.495 e. The molecule has 0 aromatic heterocycles. The third-order valence-electron chi connectivity index (χ3n) is 6.39. The molecule has 8 heteroatoms. The van der Waals surface area contributed by atoms with Gasteiger partial charge in [-0.2, -0.15) is 4.31 Å². The Bertz CT molecular complexity index is 1110. The van der Waals surface area contributed by atoms with Crippen LogP contribution in [0.2, 0.25) is 0 Å². The van der Waals surface area contributed by atoms with E-state index >= 15 is 0 Å². The van der Waals surface area contributed by atoms with Crippen molar-refractivity contribution in [1.29, 1.82) is 0 Å². The molecular weight excluding hydrogens is 440 g/mol. The first kappa shape index (κ1) is 23.6. The number of hydrogen-bond donors (Lipinski definition) is 1. The molecule has 2 aromatic carbocycles. The number of carbonyl (C=O) groups excluding carboxylic acids is 1. The van der Waals surface area contributed by atoms with Crippen LogP contribution in [-0.2, 0) is 27.7 Å². The van der Waals surface area contributed by atoms with Gasteiger partial charge in [-0.15, -0.1) is 0 Å². The van der Waals surface area contributed by atoms with Crippen molar-refractivity contribution in [2.24, 2.45) is 0 Å². The monoisotopic (exact) mass is 472 g/mol. The van der Waals surface area contributed by atoms with Gasteiger partial charge in [-0.1, -0.05) is 13.0 Å². The topological polar surface area (TPSA) is 84.9 Å². The van der Waals surface area contributed by atoms with Gasteiger partial charge in [0.25, 0.3) is 5.91 Å². The zero-order valence-electron chi connectivity index (χ0n) is 19.3. The van der Waals surface area contributed by atoms with Gasteiger partial charge in [-0.05, 0) is 86.4 Å². The summed E-state index contributed by atoms with van der Waals surface area (Å²) >= 11 is 0. The summed E-state index contributed by atoms with van der Waals surface area (Å²) in [5, 5.41) is 2.83. The van der Waals surface area contributed by atoms with E-state index in [1.165, 1.54) is 47.5 Å². The van der Waals surface area contributed by atoms with Gasteiger partial charge in [-0.3, -0.25) is 4.79 Å². The predicted octanol–water partition coefficient (Wildman–Crippen LogP) is 4.15. The first-order chi connectivity index (χ1) is 15.9. The lowest BCUT2D eigenvalue weighted by atomic mass is 9.92. The van der Waals surface area contributed by atoms with Crippen LogP contribution < -0.4 is 14.8 Å². The predicted molar refractivity (Wildman–Crippen MR) is 127 cm³/mol. The third-order valence-corrected chi connectivity index (χ3v) is 8.29. The molecule has 0 unspecified atom stereocenters. The number of aryl methyl sites for hydroxylation is 2. The van der Waals surface area contributed by atoms with Crippen molar-refractivity contribution < 1.29 is 22.7 Å². The highest BCUT2D eigenvalue weighted by molar-refractivity contribution is 7.89. The van der Waals surface area contributed by atoms with Crippen molar-refractivity contribution in [3.8, 4) is 11.5 Å². The van der Waals surface area contributed by atoms with Gasteiger partial charge in [0.1, 0.15) is 11.5 Å². The van der Waals surface area contributed by atoms with E-state index in [4.69, 9.17) is 9.47 Å². The molecule has 1 saturated heterocycles. The summed E-state index contributed by atoms with van der Waals surface area (Å²) in [6.45, 7) is 2.92. The Balaban J connectivity index is 1.52. The molecule has 33 heavy (non-hydrogen) atoms. The lowest BCUT2D eigenvalue weighted by Crippen LogP contribution is -2.33. The molecule has 1 amide bonds. The molecule has 1 aliphatic heterocycles. The van der Waals surface area contributed by atoms with Gasteiger partial charge in [-0.25, -0.2) is 8.42 Å². The second-order valence-corrected chi connectivity index (χ2v) is 10.6. The minimum absolute atomic E-state index is 0.143. The Morgan fingerprint density at radius 2 is 1.76 bits per heavy atom. The molecule has 0 saturated carbocycles. The molecule has 178 valence electrons. The van der Waals surface area contributed by atoms with Crippen LogP contribution in [0.1, 0.15) is 50.2 Å². The number of rotatable bonds is 8. The quantitative estimate of drug-likeness (QED) is 0.624. The second kappa shape index (κ2) is 10.1. The van der Waals surface area contributed by atoms with Gasteiger partial charge in [0.15, 0.2) is 6.10 Å². The molecule has 1 heterocycles. The molecule has 2 aliphatic rings. The number of methoxy groups -OCH3 is 1. The van der Waals surface area contributed by atoms with Crippen LogP contribution in [-0.4, -0.2) is 44.9 Å². The number of anilines is 1. The summed E-state index contributed by atoms with van der Waals surface area (Å²) in [4.78, 5) is 13.2. The van der Waals surface area contributed by atoms with Crippen molar-refractivity contribution >= 4 is 21.6 Å². The van der Waals surface area contributed by atoms with E-state index in [1.807, 2.05) is 19.1 Å². The van der Waals surface area contributed by atoms with E-state index in [-0.39, 0.29) is 10.8 Å². The highest BCUT2D eigenvalue weighted by Crippen LogP contribution is 2.31. The minimum atomic E-state index is -3.61. The molecule has 1 aliphatic carbocycles. The fourth-order valence-electron chi connectivity index (χ4n) is 4.51. The van der Waals surface area contributed by atoms with Crippen LogP contribution in [0.15, 0.2) is 41.3 Å². The van der Waals surface area contributed by atoms with E-state index in [9.17, 15) is 13.2 Å². The summed E-state index contributed by atoms with van der Waals surface area (Å²) in [5.74, 6) is 0.728. The van der Waals surface area contributed by atoms with Crippen molar-refractivity contribution in [3.05, 3.63) is 47.5 Å². The van der Waals surface area contributed by atoms with Gasteiger partial charge < -0.3 is 14.8 Å². The Labute approximate surface area is 196 Å². The average molecular weight is 473 g/mol. The van der Waals surface area contributed by atoms with E-state index < -0.39 is 16.1 Å². The van der Waals surface area contributed by atoms with Crippen LogP contribution in [0.3, 0.4) is 0 Å². The normalized spacial score (nSPS) is 17.3. The maximum atomic E-state index is 13.1. The van der Waals surface area contributed by atoms with Crippen molar-refractivity contribution in [2.75, 3.05) is 25.5 Å². The zero-order chi connectivity index (χ0) is 23.4. The molecule has 0 bridgehead atoms. The van der Waals surface area contributed by atoms with Gasteiger partial charge in [0, 0.05) is 13.1 Å². The van der Waals surface area contributed by atoms with E-state index in [0.29, 0.717) is 36.7 Å². The first-order valence-electron chi connectivity index (χ1n) is 11.7. The Hall–Kier alpha value is -2.58. The smallest absolute Gasteiger partial charge is 0.265 e. The number of amides is 1. The van der Waals surface area contributed by atoms with Crippen LogP contribution in [0, 0.1) is 0 Å². The Morgan fingerprint density at radius 1 is 1.03 bits per heavy atom. The Kier molecular flexibility index (Phi) is 7.24. The summed E-state index contributed by atoms with van der Waals surface area (Å²) in [7, 11) is -2.12. The SMILES string of the molecule is CC[C@H](Oc1ccc2c(c1)CCCC2)C(=O)Nc1cc(S(=O)(=O)N2CCCC2)ccc1OC. The van der Waals surface area contributed by atoms with Crippen molar-refractivity contribution in [2.45, 2.75) is 62.9 Å². The molecule has 0 spiro atoms. The fourth-order valence-corrected chi connectivity index (χ4v) is 6.05.